The molecule has 0 spiro atoms. The van der Waals surface area contributed by atoms with Crippen LogP contribution in [0.5, 0.6) is 5.88 Å². The molecule has 0 aliphatic carbocycles. The van der Waals surface area contributed by atoms with Crippen molar-refractivity contribution in [1.29, 1.82) is 0 Å². The van der Waals surface area contributed by atoms with Crippen LogP contribution in [0, 0.1) is 3.57 Å². The molecule has 1 aromatic carbocycles. The van der Waals surface area contributed by atoms with Gasteiger partial charge < -0.3 is 4.74 Å². The van der Waals surface area contributed by atoms with Gasteiger partial charge in [-0.25, -0.2) is 13.4 Å². The molecular formula is C12H11IN2O3S. The quantitative estimate of drug-likeness (QED) is 0.815. The molecule has 0 fully saturated rings. The van der Waals surface area contributed by atoms with Gasteiger partial charge in [-0.1, -0.05) is 0 Å². The fraction of sp³-hybridized carbons (Fsp3) is 0.0833. The van der Waals surface area contributed by atoms with E-state index in [4.69, 9.17) is 4.74 Å². The summed E-state index contributed by atoms with van der Waals surface area (Å²) in [5, 5.41) is 0. The average Bonchev–Trinajstić information content (AvgIpc) is 2.40. The van der Waals surface area contributed by atoms with E-state index in [1.54, 1.807) is 36.4 Å². The third-order valence-corrected chi connectivity index (χ3v) is 4.44. The molecule has 2 rings (SSSR count). The SMILES string of the molecule is COc1ccc(NS(=O)(=O)c2ccc(I)cc2)cn1. The van der Waals surface area contributed by atoms with E-state index in [0.29, 0.717) is 11.6 Å². The van der Waals surface area contributed by atoms with Crippen LogP contribution < -0.4 is 9.46 Å². The number of aromatic nitrogens is 1. The first-order chi connectivity index (χ1) is 9.01. The van der Waals surface area contributed by atoms with Crippen molar-refractivity contribution in [1.82, 2.24) is 4.98 Å². The van der Waals surface area contributed by atoms with Gasteiger partial charge >= 0.3 is 0 Å². The van der Waals surface area contributed by atoms with Crippen molar-refractivity contribution in [2.24, 2.45) is 0 Å². The van der Waals surface area contributed by atoms with Gasteiger partial charge in [0, 0.05) is 9.64 Å². The summed E-state index contributed by atoms with van der Waals surface area (Å²) in [4.78, 5) is 4.15. The molecule has 0 saturated heterocycles. The number of ether oxygens (including phenoxy) is 1. The van der Waals surface area contributed by atoms with E-state index in [1.165, 1.54) is 13.3 Å². The van der Waals surface area contributed by atoms with Crippen molar-refractivity contribution in [3.8, 4) is 5.88 Å². The number of nitrogens with one attached hydrogen (secondary N) is 1. The molecule has 7 heteroatoms. The number of halogens is 1. The summed E-state index contributed by atoms with van der Waals surface area (Å²) >= 11 is 2.12. The monoisotopic (exact) mass is 390 g/mol. The van der Waals surface area contributed by atoms with E-state index in [-0.39, 0.29) is 4.90 Å². The number of sulfonamides is 1. The van der Waals surface area contributed by atoms with Crippen LogP contribution in [0.15, 0.2) is 47.5 Å². The molecule has 100 valence electrons. The summed E-state index contributed by atoms with van der Waals surface area (Å²) in [5.74, 6) is 0.428. The van der Waals surface area contributed by atoms with Gasteiger partial charge in [-0.15, -0.1) is 0 Å². The van der Waals surface area contributed by atoms with Crippen LogP contribution in [-0.2, 0) is 10.0 Å². The zero-order chi connectivity index (χ0) is 13.9. The van der Waals surface area contributed by atoms with Crippen molar-refractivity contribution in [2.45, 2.75) is 4.90 Å². The predicted molar refractivity (Wildman–Crippen MR) is 80.8 cm³/mol. The third-order valence-electron chi connectivity index (χ3n) is 2.32. The largest absolute Gasteiger partial charge is 0.481 e. The Balaban J connectivity index is 2.23. The fourth-order valence-electron chi connectivity index (χ4n) is 1.39. The molecular weight excluding hydrogens is 379 g/mol. The van der Waals surface area contributed by atoms with Crippen LogP contribution in [0.2, 0.25) is 0 Å². The normalized spacial score (nSPS) is 11.1. The summed E-state index contributed by atoms with van der Waals surface area (Å²) in [6.45, 7) is 0. The number of anilines is 1. The third kappa shape index (κ3) is 3.57. The lowest BCUT2D eigenvalue weighted by Gasteiger charge is -2.08. The Kier molecular flexibility index (Phi) is 4.25. The summed E-state index contributed by atoms with van der Waals surface area (Å²) < 4.78 is 32.5. The Morgan fingerprint density at radius 3 is 2.37 bits per heavy atom. The van der Waals surface area contributed by atoms with Crippen LogP contribution in [0.3, 0.4) is 0 Å². The van der Waals surface area contributed by atoms with Gasteiger partial charge in [-0.05, 0) is 52.9 Å². The lowest BCUT2D eigenvalue weighted by atomic mass is 10.4. The first kappa shape index (κ1) is 14.1. The van der Waals surface area contributed by atoms with Crippen molar-refractivity contribution in [2.75, 3.05) is 11.8 Å². The van der Waals surface area contributed by atoms with Gasteiger partial charge in [0.15, 0.2) is 0 Å². The maximum absolute atomic E-state index is 12.1. The Morgan fingerprint density at radius 1 is 1.16 bits per heavy atom. The van der Waals surface area contributed by atoms with Crippen LogP contribution in [-0.4, -0.2) is 20.5 Å². The number of hydrogen-bond acceptors (Lipinski definition) is 4. The van der Waals surface area contributed by atoms with E-state index in [9.17, 15) is 8.42 Å². The van der Waals surface area contributed by atoms with Crippen molar-refractivity contribution in [3.05, 3.63) is 46.2 Å². The molecule has 0 bridgehead atoms. The second kappa shape index (κ2) is 5.74. The molecule has 5 nitrogen and oxygen atoms in total. The highest BCUT2D eigenvalue weighted by atomic mass is 127. The Morgan fingerprint density at radius 2 is 1.84 bits per heavy atom. The molecule has 1 aromatic heterocycles. The number of hydrogen-bond donors (Lipinski definition) is 1. The number of methoxy groups -OCH3 is 1. The average molecular weight is 390 g/mol. The van der Waals surface area contributed by atoms with Gasteiger partial charge in [0.25, 0.3) is 10.0 Å². The zero-order valence-electron chi connectivity index (χ0n) is 10.00. The lowest BCUT2D eigenvalue weighted by molar-refractivity contribution is 0.398. The van der Waals surface area contributed by atoms with Crippen LogP contribution >= 0.6 is 22.6 Å². The van der Waals surface area contributed by atoms with E-state index < -0.39 is 10.0 Å². The maximum Gasteiger partial charge on any atom is 0.261 e. The zero-order valence-corrected chi connectivity index (χ0v) is 13.0. The molecule has 0 unspecified atom stereocenters. The van der Waals surface area contributed by atoms with E-state index in [0.717, 1.165) is 3.57 Å². The smallest absolute Gasteiger partial charge is 0.261 e. The number of pyridine rings is 1. The minimum atomic E-state index is -3.58. The van der Waals surface area contributed by atoms with E-state index >= 15 is 0 Å². The Hall–Kier alpha value is -1.35. The van der Waals surface area contributed by atoms with Crippen molar-refractivity contribution < 1.29 is 13.2 Å². The topological polar surface area (TPSA) is 68.3 Å². The van der Waals surface area contributed by atoms with Crippen LogP contribution in [0.1, 0.15) is 0 Å². The molecule has 1 heterocycles. The molecule has 0 aliphatic heterocycles. The van der Waals surface area contributed by atoms with Crippen LogP contribution in [0.25, 0.3) is 0 Å². The van der Waals surface area contributed by atoms with Gasteiger partial charge in [-0.2, -0.15) is 0 Å². The molecule has 19 heavy (non-hydrogen) atoms. The highest BCUT2D eigenvalue weighted by Crippen LogP contribution is 2.18. The van der Waals surface area contributed by atoms with E-state index in [2.05, 4.69) is 32.3 Å². The van der Waals surface area contributed by atoms with Crippen molar-refractivity contribution >= 4 is 38.3 Å². The first-order valence-corrected chi connectivity index (χ1v) is 7.86. The van der Waals surface area contributed by atoms with Gasteiger partial charge in [-0.3, -0.25) is 4.72 Å². The summed E-state index contributed by atoms with van der Waals surface area (Å²) in [7, 11) is -2.09. The molecule has 0 radical (unpaired) electrons. The van der Waals surface area contributed by atoms with Gasteiger partial charge in [0.2, 0.25) is 5.88 Å². The lowest BCUT2D eigenvalue weighted by Crippen LogP contribution is -2.13. The second-order valence-electron chi connectivity index (χ2n) is 3.65. The molecule has 0 amide bonds. The maximum atomic E-state index is 12.1. The molecule has 0 aliphatic rings. The number of nitrogens with zero attached hydrogens (tertiary/aromatic N) is 1. The minimum Gasteiger partial charge on any atom is -0.481 e. The van der Waals surface area contributed by atoms with Crippen LogP contribution in [0.4, 0.5) is 5.69 Å². The fourth-order valence-corrected chi connectivity index (χ4v) is 2.79. The molecule has 1 N–H and O–H groups in total. The van der Waals surface area contributed by atoms with Gasteiger partial charge in [0.05, 0.1) is 23.9 Å². The standard InChI is InChI=1S/C12H11IN2O3S/c1-18-12-7-4-10(8-14-12)15-19(16,17)11-5-2-9(13)3-6-11/h2-8,15H,1H3. The second-order valence-corrected chi connectivity index (χ2v) is 6.58. The van der Waals surface area contributed by atoms with Crippen molar-refractivity contribution in [3.63, 3.8) is 0 Å². The molecule has 2 aromatic rings. The predicted octanol–water partition coefficient (Wildman–Crippen LogP) is 2.50. The summed E-state index contributed by atoms with van der Waals surface area (Å²) in [6.07, 6.45) is 1.41. The summed E-state index contributed by atoms with van der Waals surface area (Å²) in [6, 6.07) is 9.77. The Bertz CT molecular complexity index is 654. The van der Waals surface area contributed by atoms with Gasteiger partial charge in [0.1, 0.15) is 0 Å². The highest BCUT2D eigenvalue weighted by molar-refractivity contribution is 14.1. The molecule has 0 saturated carbocycles. The van der Waals surface area contributed by atoms with E-state index in [1.807, 2.05) is 0 Å². The summed E-state index contributed by atoms with van der Waals surface area (Å²) in [5.41, 5.74) is 0.388. The first-order valence-electron chi connectivity index (χ1n) is 5.30. The Labute approximate surface area is 125 Å². The molecule has 0 atom stereocenters. The number of benzene rings is 1. The highest BCUT2D eigenvalue weighted by Gasteiger charge is 2.13. The minimum absolute atomic E-state index is 0.212. The number of rotatable bonds is 4.